The van der Waals surface area contributed by atoms with Crippen molar-refractivity contribution < 1.29 is 18.4 Å². The molecule has 6 heteroatoms. The van der Waals surface area contributed by atoms with Gasteiger partial charge in [0.2, 0.25) is 5.91 Å². The van der Waals surface area contributed by atoms with Crippen LogP contribution in [0.5, 0.6) is 0 Å². The average molecular weight is 342 g/mol. The average Bonchev–Trinajstić information content (AvgIpc) is 2.98. The molecule has 1 aliphatic heterocycles. The van der Waals surface area contributed by atoms with E-state index in [9.17, 15) is 18.4 Å². The van der Waals surface area contributed by atoms with Crippen LogP contribution in [0.1, 0.15) is 45.9 Å². The van der Waals surface area contributed by atoms with E-state index in [0.717, 1.165) is 11.1 Å². The highest BCUT2D eigenvalue weighted by Crippen LogP contribution is 2.33. The number of carbonyl (C=O) groups excluding carboxylic acids is 2. The quantitative estimate of drug-likeness (QED) is 0.880. The molecule has 2 aromatic carbocycles. The summed E-state index contributed by atoms with van der Waals surface area (Å²) in [6, 6.07) is 7.15. The van der Waals surface area contributed by atoms with Crippen molar-refractivity contribution in [2.75, 3.05) is 5.32 Å². The van der Waals surface area contributed by atoms with E-state index in [4.69, 9.17) is 0 Å². The Morgan fingerprint density at radius 1 is 1.12 bits per heavy atom. The normalized spacial score (nSPS) is 18.3. The number of amides is 2. The molecule has 1 atom stereocenters. The molecule has 0 saturated heterocycles. The number of hydrogen-bond acceptors (Lipinski definition) is 2. The first-order valence-electron chi connectivity index (χ1n) is 8.23. The second-order valence-corrected chi connectivity index (χ2v) is 6.41. The highest BCUT2D eigenvalue weighted by atomic mass is 19.1. The Labute approximate surface area is 143 Å². The lowest BCUT2D eigenvalue weighted by molar-refractivity contribution is -0.116. The minimum absolute atomic E-state index is 0.0558. The molecule has 1 heterocycles. The van der Waals surface area contributed by atoms with Gasteiger partial charge in [-0.25, -0.2) is 8.78 Å². The molecule has 25 heavy (non-hydrogen) atoms. The third-order valence-corrected chi connectivity index (χ3v) is 4.85. The molecule has 0 aromatic heterocycles. The van der Waals surface area contributed by atoms with Crippen LogP contribution in [0.15, 0.2) is 30.3 Å². The second kappa shape index (κ2) is 5.95. The Hall–Kier alpha value is -2.76. The van der Waals surface area contributed by atoms with Crippen LogP contribution in [0.25, 0.3) is 0 Å². The molecule has 4 nitrogen and oxygen atoms in total. The van der Waals surface area contributed by atoms with Crippen molar-refractivity contribution in [1.82, 2.24) is 5.32 Å². The molecule has 0 fully saturated rings. The number of nitrogens with one attached hydrogen (secondary N) is 2. The molecule has 0 saturated carbocycles. The van der Waals surface area contributed by atoms with Crippen LogP contribution in [0, 0.1) is 11.6 Å². The minimum Gasteiger partial charge on any atom is -0.345 e. The smallest absolute Gasteiger partial charge is 0.254 e. The monoisotopic (exact) mass is 342 g/mol. The van der Waals surface area contributed by atoms with Crippen molar-refractivity contribution in [3.63, 3.8) is 0 Å². The van der Waals surface area contributed by atoms with E-state index in [-0.39, 0.29) is 23.3 Å². The first kappa shape index (κ1) is 15.7. The predicted octanol–water partition coefficient (Wildman–Crippen LogP) is 3.27. The van der Waals surface area contributed by atoms with Crippen molar-refractivity contribution >= 4 is 17.5 Å². The Morgan fingerprint density at radius 3 is 2.80 bits per heavy atom. The van der Waals surface area contributed by atoms with Crippen LogP contribution in [-0.4, -0.2) is 11.8 Å². The highest BCUT2D eigenvalue weighted by Gasteiger charge is 2.28. The summed E-state index contributed by atoms with van der Waals surface area (Å²) in [6.45, 7) is 0. The van der Waals surface area contributed by atoms with Crippen LogP contribution in [0.3, 0.4) is 0 Å². The largest absolute Gasteiger partial charge is 0.345 e. The van der Waals surface area contributed by atoms with Gasteiger partial charge in [-0.3, -0.25) is 9.59 Å². The van der Waals surface area contributed by atoms with E-state index in [0.29, 0.717) is 36.9 Å². The fourth-order valence-electron chi connectivity index (χ4n) is 3.57. The molecule has 2 aromatic rings. The van der Waals surface area contributed by atoms with E-state index in [1.165, 1.54) is 18.2 Å². The standard InChI is InChI=1S/C19H16F2N2O2/c20-14-3-1-2-12-11(14)5-6-16(12)23-19(25)13-8-10-4-7-18(24)22-17(10)9-15(13)21/h1-3,8-9,16H,4-7H2,(H,22,24)(H,23,25)/t16-/m0/s1. The number of carbonyl (C=O) groups is 2. The van der Waals surface area contributed by atoms with Crippen LogP contribution in [0.4, 0.5) is 14.5 Å². The molecule has 4 rings (SSSR count). The highest BCUT2D eigenvalue weighted by molar-refractivity contribution is 5.98. The van der Waals surface area contributed by atoms with Gasteiger partial charge in [-0.1, -0.05) is 12.1 Å². The maximum atomic E-state index is 14.3. The zero-order valence-electron chi connectivity index (χ0n) is 13.4. The predicted molar refractivity (Wildman–Crippen MR) is 88.3 cm³/mol. The summed E-state index contributed by atoms with van der Waals surface area (Å²) in [5, 5.41) is 5.41. The molecule has 0 unspecified atom stereocenters. The van der Waals surface area contributed by atoms with Crippen molar-refractivity contribution in [1.29, 1.82) is 0 Å². The first-order valence-corrected chi connectivity index (χ1v) is 8.23. The topological polar surface area (TPSA) is 58.2 Å². The second-order valence-electron chi connectivity index (χ2n) is 6.41. The number of halogens is 2. The number of benzene rings is 2. The van der Waals surface area contributed by atoms with Gasteiger partial charge in [0.15, 0.2) is 0 Å². The van der Waals surface area contributed by atoms with E-state index < -0.39 is 11.7 Å². The molecular formula is C19H16F2N2O2. The van der Waals surface area contributed by atoms with E-state index in [1.54, 1.807) is 12.1 Å². The van der Waals surface area contributed by atoms with Crippen LogP contribution < -0.4 is 10.6 Å². The molecule has 0 spiro atoms. The summed E-state index contributed by atoms with van der Waals surface area (Å²) >= 11 is 0. The van der Waals surface area contributed by atoms with Crippen LogP contribution in [-0.2, 0) is 17.6 Å². The molecule has 2 aliphatic rings. The fraction of sp³-hybridized carbons (Fsp3) is 0.263. The van der Waals surface area contributed by atoms with Crippen molar-refractivity contribution in [3.8, 4) is 0 Å². The zero-order chi connectivity index (χ0) is 17.6. The molecular weight excluding hydrogens is 326 g/mol. The lowest BCUT2D eigenvalue weighted by atomic mass is 9.99. The van der Waals surface area contributed by atoms with Crippen molar-refractivity contribution in [2.45, 2.75) is 31.7 Å². The molecule has 0 bridgehead atoms. The Kier molecular flexibility index (Phi) is 3.75. The summed E-state index contributed by atoms with van der Waals surface area (Å²) in [5.74, 6) is -1.64. The van der Waals surface area contributed by atoms with Gasteiger partial charge in [-0.05, 0) is 54.2 Å². The summed E-state index contributed by atoms with van der Waals surface area (Å²) in [7, 11) is 0. The third kappa shape index (κ3) is 2.77. The SMILES string of the molecule is O=C1CCc2cc(C(=O)N[C@H]3CCc4c(F)cccc43)c(F)cc2N1. The zero-order valence-corrected chi connectivity index (χ0v) is 13.4. The number of fused-ring (bicyclic) bond motifs is 2. The lowest BCUT2D eigenvalue weighted by Crippen LogP contribution is -2.28. The van der Waals surface area contributed by atoms with Gasteiger partial charge in [0.1, 0.15) is 11.6 Å². The molecule has 0 radical (unpaired) electrons. The van der Waals surface area contributed by atoms with Crippen molar-refractivity contribution in [2.24, 2.45) is 0 Å². The Morgan fingerprint density at radius 2 is 1.96 bits per heavy atom. The van der Waals surface area contributed by atoms with Gasteiger partial charge < -0.3 is 10.6 Å². The van der Waals surface area contributed by atoms with Gasteiger partial charge in [0.25, 0.3) is 5.91 Å². The number of aryl methyl sites for hydroxylation is 1. The van der Waals surface area contributed by atoms with Crippen LogP contribution >= 0.6 is 0 Å². The molecule has 1 aliphatic carbocycles. The number of rotatable bonds is 2. The number of hydrogen-bond donors (Lipinski definition) is 2. The first-order chi connectivity index (χ1) is 12.0. The van der Waals surface area contributed by atoms with Gasteiger partial charge in [0, 0.05) is 12.1 Å². The Balaban J connectivity index is 1.59. The van der Waals surface area contributed by atoms with Crippen molar-refractivity contribution in [3.05, 3.63) is 64.2 Å². The molecule has 2 amide bonds. The third-order valence-electron chi connectivity index (χ3n) is 4.85. The van der Waals surface area contributed by atoms with Gasteiger partial charge in [-0.2, -0.15) is 0 Å². The van der Waals surface area contributed by atoms with Gasteiger partial charge in [0.05, 0.1) is 11.6 Å². The summed E-state index contributed by atoms with van der Waals surface area (Å²) in [6.07, 6.45) is 1.92. The maximum Gasteiger partial charge on any atom is 0.254 e. The fourth-order valence-corrected chi connectivity index (χ4v) is 3.57. The van der Waals surface area contributed by atoms with Gasteiger partial charge in [-0.15, -0.1) is 0 Å². The lowest BCUT2D eigenvalue weighted by Gasteiger charge is -2.19. The number of anilines is 1. The minimum atomic E-state index is -0.684. The molecule has 2 N–H and O–H groups in total. The maximum absolute atomic E-state index is 14.3. The van der Waals surface area contributed by atoms with E-state index in [1.807, 2.05) is 0 Å². The molecule has 128 valence electrons. The van der Waals surface area contributed by atoms with Gasteiger partial charge >= 0.3 is 0 Å². The van der Waals surface area contributed by atoms with E-state index >= 15 is 0 Å². The summed E-state index contributed by atoms with van der Waals surface area (Å²) < 4.78 is 28.1. The van der Waals surface area contributed by atoms with Crippen LogP contribution in [0.2, 0.25) is 0 Å². The summed E-state index contributed by atoms with van der Waals surface area (Å²) in [4.78, 5) is 23.9. The summed E-state index contributed by atoms with van der Waals surface area (Å²) in [5.41, 5.74) is 2.46. The Bertz CT molecular complexity index is 895. The van der Waals surface area contributed by atoms with E-state index in [2.05, 4.69) is 10.6 Å².